The molecule has 0 aliphatic rings. The van der Waals surface area contributed by atoms with Gasteiger partial charge in [-0.15, -0.1) is 0 Å². The summed E-state index contributed by atoms with van der Waals surface area (Å²) in [6, 6.07) is 3.05. The summed E-state index contributed by atoms with van der Waals surface area (Å²) in [6.07, 6.45) is 3.31. The molecule has 0 aliphatic carbocycles. The molecule has 0 radical (unpaired) electrons. The number of benzene rings is 1. The molecular formula is C11H8ClF2NO. The van der Waals surface area contributed by atoms with Crippen molar-refractivity contribution >= 4 is 11.6 Å². The van der Waals surface area contributed by atoms with Crippen LogP contribution < -0.4 is 4.74 Å². The van der Waals surface area contributed by atoms with E-state index in [2.05, 4.69) is 4.98 Å². The summed E-state index contributed by atoms with van der Waals surface area (Å²) in [4.78, 5) is 2.82. The van der Waals surface area contributed by atoms with Gasteiger partial charge in [0.2, 0.25) is 5.82 Å². The zero-order valence-corrected chi connectivity index (χ0v) is 9.11. The van der Waals surface area contributed by atoms with E-state index in [0.29, 0.717) is 11.1 Å². The van der Waals surface area contributed by atoms with Gasteiger partial charge in [0.15, 0.2) is 11.6 Å². The number of halogens is 3. The van der Waals surface area contributed by atoms with Gasteiger partial charge in [-0.25, -0.2) is 4.39 Å². The topological polar surface area (TPSA) is 25.0 Å². The highest BCUT2D eigenvalue weighted by Gasteiger charge is 2.19. The standard InChI is InChI=1S/C11H8ClF2NO/c1-16-11-7(6-2-3-15-5-6)4-8(12)9(13)10(11)14/h2-5,15H,1H3. The number of hydrogen-bond acceptors (Lipinski definition) is 1. The Kier molecular flexibility index (Phi) is 2.83. The van der Waals surface area contributed by atoms with E-state index in [9.17, 15) is 8.78 Å². The van der Waals surface area contributed by atoms with Gasteiger partial charge in [0.1, 0.15) is 0 Å². The second-order valence-corrected chi connectivity index (χ2v) is 3.57. The molecule has 1 aromatic carbocycles. The molecule has 1 heterocycles. The predicted octanol–water partition coefficient (Wildman–Crippen LogP) is 3.62. The van der Waals surface area contributed by atoms with Gasteiger partial charge in [0.05, 0.1) is 12.1 Å². The first-order chi connectivity index (χ1) is 7.65. The van der Waals surface area contributed by atoms with E-state index in [1.807, 2.05) is 0 Å². The van der Waals surface area contributed by atoms with Gasteiger partial charge in [-0.05, 0) is 12.1 Å². The summed E-state index contributed by atoms with van der Waals surface area (Å²) < 4.78 is 31.6. The van der Waals surface area contributed by atoms with Crippen molar-refractivity contribution in [3.05, 3.63) is 41.2 Å². The Bertz CT molecular complexity index is 511. The molecule has 0 aliphatic heterocycles. The van der Waals surface area contributed by atoms with Gasteiger partial charge in [-0.3, -0.25) is 0 Å². The molecule has 1 aromatic heterocycles. The first-order valence-electron chi connectivity index (χ1n) is 4.49. The number of hydrogen-bond donors (Lipinski definition) is 1. The molecule has 16 heavy (non-hydrogen) atoms. The lowest BCUT2D eigenvalue weighted by Gasteiger charge is -2.09. The van der Waals surface area contributed by atoms with E-state index in [4.69, 9.17) is 16.3 Å². The van der Waals surface area contributed by atoms with Crippen LogP contribution in [0.3, 0.4) is 0 Å². The van der Waals surface area contributed by atoms with Gasteiger partial charge in [-0.2, -0.15) is 4.39 Å². The highest BCUT2D eigenvalue weighted by atomic mass is 35.5. The molecule has 0 atom stereocenters. The maximum absolute atomic E-state index is 13.5. The van der Waals surface area contributed by atoms with Crippen molar-refractivity contribution in [3.8, 4) is 16.9 Å². The Morgan fingerprint density at radius 1 is 1.31 bits per heavy atom. The fourth-order valence-electron chi connectivity index (χ4n) is 1.48. The molecule has 0 fully saturated rings. The minimum Gasteiger partial charge on any atom is -0.493 e. The Morgan fingerprint density at radius 3 is 2.62 bits per heavy atom. The molecule has 0 amide bonds. The SMILES string of the molecule is COc1c(-c2cc[nH]c2)cc(Cl)c(F)c1F. The summed E-state index contributed by atoms with van der Waals surface area (Å²) in [7, 11) is 1.28. The van der Waals surface area contributed by atoms with Crippen molar-refractivity contribution in [2.75, 3.05) is 7.11 Å². The second kappa shape index (κ2) is 4.14. The first-order valence-corrected chi connectivity index (χ1v) is 4.87. The molecule has 0 unspecified atom stereocenters. The Hall–Kier alpha value is -1.55. The second-order valence-electron chi connectivity index (χ2n) is 3.17. The highest BCUT2D eigenvalue weighted by Crippen LogP contribution is 2.36. The molecule has 2 rings (SSSR count). The lowest BCUT2D eigenvalue weighted by atomic mass is 10.1. The van der Waals surface area contributed by atoms with Crippen LogP contribution in [0.15, 0.2) is 24.5 Å². The average molecular weight is 244 g/mol. The van der Waals surface area contributed by atoms with Crippen LogP contribution in [-0.2, 0) is 0 Å². The monoisotopic (exact) mass is 243 g/mol. The Labute approximate surface area is 95.8 Å². The van der Waals surface area contributed by atoms with Crippen LogP contribution in [0.1, 0.15) is 0 Å². The first kappa shape index (κ1) is 11.0. The molecule has 0 saturated carbocycles. The number of methoxy groups -OCH3 is 1. The van der Waals surface area contributed by atoms with Crippen molar-refractivity contribution in [1.29, 1.82) is 0 Å². The molecule has 0 saturated heterocycles. The van der Waals surface area contributed by atoms with Crippen LogP contribution >= 0.6 is 11.6 Å². The molecule has 5 heteroatoms. The minimum atomic E-state index is -1.10. The largest absolute Gasteiger partial charge is 0.493 e. The van der Waals surface area contributed by atoms with E-state index >= 15 is 0 Å². The van der Waals surface area contributed by atoms with E-state index in [-0.39, 0.29) is 10.8 Å². The Balaban J connectivity index is 2.70. The third-order valence-electron chi connectivity index (χ3n) is 2.23. The quantitative estimate of drug-likeness (QED) is 0.801. The molecule has 2 aromatic rings. The highest BCUT2D eigenvalue weighted by molar-refractivity contribution is 6.31. The number of H-pyrrole nitrogens is 1. The van der Waals surface area contributed by atoms with E-state index in [1.54, 1.807) is 18.5 Å². The molecule has 84 valence electrons. The number of nitrogens with one attached hydrogen (secondary N) is 1. The van der Waals surface area contributed by atoms with E-state index in [0.717, 1.165) is 0 Å². The van der Waals surface area contributed by atoms with Crippen molar-refractivity contribution < 1.29 is 13.5 Å². The van der Waals surface area contributed by atoms with Gasteiger partial charge >= 0.3 is 0 Å². The van der Waals surface area contributed by atoms with Gasteiger partial charge in [0, 0.05) is 23.5 Å². The smallest absolute Gasteiger partial charge is 0.202 e. The maximum Gasteiger partial charge on any atom is 0.202 e. The number of aromatic nitrogens is 1. The predicted molar refractivity (Wildman–Crippen MR) is 57.7 cm³/mol. The van der Waals surface area contributed by atoms with Crippen LogP contribution in [0.4, 0.5) is 8.78 Å². The van der Waals surface area contributed by atoms with Crippen molar-refractivity contribution in [2.45, 2.75) is 0 Å². The van der Waals surface area contributed by atoms with Crippen molar-refractivity contribution in [1.82, 2.24) is 4.98 Å². The third kappa shape index (κ3) is 1.65. The van der Waals surface area contributed by atoms with Crippen LogP contribution in [0, 0.1) is 11.6 Å². The fourth-order valence-corrected chi connectivity index (χ4v) is 1.68. The average Bonchev–Trinajstić information content (AvgIpc) is 2.79. The normalized spacial score (nSPS) is 10.5. The summed E-state index contributed by atoms with van der Waals surface area (Å²) in [5.74, 6) is -2.33. The summed E-state index contributed by atoms with van der Waals surface area (Å²) in [6.45, 7) is 0. The lowest BCUT2D eigenvalue weighted by molar-refractivity contribution is 0.373. The third-order valence-corrected chi connectivity index (χ3v) is 2.51. The minimum absolute atomic E-state index is 0.151. The zero-order valence-electron chi connectivity index (χ0n) is 8.35. The molecule has 2 nitrogen and oxygen atoms in total. The fraction of sp³-hybridized carbons (Fsp3) is 0.0909. The van der Waals surface area contributed by atoms with Gasteiger partial charge in [-0.1, -0.05) is 11.6 Å². The van der Waals surface area contributed by atoms with E-state index in [1.165, 1.54) is 13.2 Å². The van der Waals surface area contributed by atoms with Crippen molar-refractivity contribution in [3.63, 3.8) is 0 Å². The summed E-state index contributed by atoms with van der Waals surface area (Å²) >= 11 is 5.58. The van der Waals surface area contributed by atoms with Crippen LogP contribution in [0.25, 0.3) is 11.1 Å². The summed E-state index contributed by atoms with van der Waals surface area (Å²) in [5.41, 5.74) is 1.09. The van der Waals surface area contributed by atoms with Gasteiger partial charge < -0.3 is 9.72 Å². The molecular weight excluding hydrogens is 236 g/mol. The maximum atomic E-state index is 13.5. The number of ether oxygens (including phenoxy) is 1. The Morgan fingerprint density at radius 2 is 2.06 bits per heavy atom. The number of aromatic amines is 1. The molecule has 0 spiro atoms. The van der Waals surface area contributed by atoms with Crippen molar-refractivity contribution in [2.24, 2.45) is 0 Å². The van der Waals surface area contributed by atoms with Crippen LogP contribution in [0.5, 0.6) is 5.75 Å². The van der Waals surface area contributed by atoms with Crippen LogP contribution in [-0.4, -0.2) is 12.1 Å². The van der Waals surface area contributed by atoms with Crippen LogP contribution in [0.2, 0.25) is 5.02 Å². The van der Waals surface area contributed by atoms with Gasteiger partial charge in [0.25, 0.3) is 0 Å². The van der Waals surface area contributed by atoms with E-state index < -0.39 is 11.6 Å². The number of rotatable bonds is 2. The molecule has 0 bridgehead atoms. The summed E-state index contributed by atoms with van der Waals surface area (Å²) in [5, 5.41) is -0.269. The zero-order chi connectivity index (χ0) is 11.7. The molecule has 1 N–H and O–H groups in total. The lowest BCUT2D eigenvalue weighted by Crippen LogP contribution is -1.96.